The second-order valence-electron chi connectivity index (χ2n) is 3.75. The van der Waals surface area contributed by atoms with Gasteiger partial charge in [-0.25, -0.2) is 0 Å². The fourth-order valence-electron chi connectivity index (χ4n) is 1.63. The monoisotopic (exact) mass is 196 g/mol. The highest BCUT2D eigenvalue weighted by Crippen LogP contribution is 2.14. The lowest BCUT2D eigenvalue weighted by atomic mass is 10.1. The van der Waals surface area contributed by atoms with Crippen molar-refractivity contribution in [2.24, 2.45) is 0 Å². The maximum atomic E-state index is 5.38. The molecule has 14 heavy (non-hydrogen) atoms. The van der Waals surface area contributed by atoms with Crippen molar-refractivity contribution >= 4 is 0 Å². The van der Waals surface area contributed by atoms with E-state index in [1.54, 1.807) is 0 Å². The van der Waals surface area contributed by atoms with Crippen LogP contribution < -0.4 is 5.32 Å². The number of ether oxygens (including phenoxy) is 1. The van der Waals surface area contributed by atoms with E-state index in [1.807, 2.05) is 13.8 Å². The highest BCUT2D eigenvalue weighted by molar-refractivity contribution is 5.20. The Morgan fingerprint density at radius 1 is 1.50 bits per heavy atom. The molecule has 0 radical (unpaired) electrons. The average Bonchev–Trinajstić information content (AvgIpc) is 2.52. The van der Waals surface area contributed by atoms with Gasteiger partial charge in [-0.3, -0.25) is 0 Å². The van der Waals surface area contributed by atoms with E-state index in [2.05, 4.69) is 10.5 Å². The first-order valence-corrected chi connectivity index (χ1v) is 5.00. The molecule has 1 unspecified atom stereocenters. The molecule has 1 aromatic heterocycles. The first kappa shape index (κ1) is 9.68. The molecule has 0 aromatic carbocycles. The zero-order chi connectivity index (χ0) is 9.97. The topological polar surface area (TPSA) is 47.3 Å². The molecule has 1 atom stereocenters. The molecule has 0 aliphatic carbocycles. The van der Waals surface area contributed by atoms with Gasteiger partial charge in [0.05, 0.1) is 18.9 Å². The van der Waals surface area contributed by atoms with Gasteiger partial charge < -0.3 is 14.6 Å². The fourth-order valence-corrected chi connectivity index (χ4v) is 1.63. The van der Waals surface area contributed by atoms with Crippen molar-refractivity contribution in [1.82, 2.24) is 10.5 Å². The SMILES string of the molecule is Cc1noc(CC2COCCN2)c1C. The number of aromatic nitrogens is 1. The van der Waals surface area contributed by atoms with Crippen molar-refractivity contribution in [2.45, 2.75) is 26.3 Å². The number of nitrogens with one attached hydrogen (secondary N) is 1. The summed E-state index contributed by atoms with van der Waals surface area (Å²) in [6, 6.07) is 0.370. The molecule has 1 aromatic rings. The van der Waals surface area contributed by atoms with Gasteiger partial charge in [0.15, 0.2) is 0 Å². The van der Waals surface area contributed by atoms with E-state index >= 15 is 0 Å². The van der Waals surface area contributed by atoms with Crippen molar-refractivity contribution in [2.75, 3.05) is 19.8 Å². The first-order valence-electron chi connectivity index (χ1n) is 5.00. The van der Waals surface area contributed by atoms with Crippen LogP contribution >= 0.6 is 0 Å². The van der Waals surface area contributed by atoms with Crippen LogP contribution in [0.5, 0.6) is 0 Å². The molecule has 1 N–H and O–H groups in total. The fraction of sp³-hybridized carbons (Fsp3) is 0.700. The van der Waals surface area contributed by atoms with E-state index in [0.717, 1.165) is 43.2 Å². The predicted molar refractivity (Wildman–Crippen MR) is 52.3 cm³/mol. The first-order chi connectivity index (χ1) is 6.77. The van der Waals surface area contributed by atoms with Gasteiger partial charge in [0.2, 0.25) is 0 Å². The van der Waals surface area contributed by atoms with Crippen molar-refractivity contribution in [3.05, 3.63) is 17.0 Å². The van der Waals surface area contributed by atoms with Gasteiger partial charge in [0, 0.05) is 24.6 Å². The largest absolute Gasteiger partial charge is 0.378 e. The van der Waals surface area contributed by atoms with Crippen molar-refractivity contribution in [1.29, 1.82) is 0 Å². The molecule has 4 heteroatoms. The highest BCUT2D eigenvalue weighted by Gasteiger charge is 2.17. The number of aryl methyl sites for hydroxylation is 1. The van der Waals surface area contributed by atoms with Crippen LogP contribution in [-0.2, 0) is 11.2 Å². The quantitative estimate of drug-likeness (QED) is 0.760. The van der Waals surface area contributed by atoms with Crippen molar-refractivity contribution in [3.63, 3.8) is 0 Å². The summed E-state index contributed by atoms with van der Waals surface area (Å²) in [4.78, 5) is 0. The van der Waals surface area contributed by atoms with E-state index < -0.39 is 0 Å². The predicted octanol–water partition coefficient (Wildman–Crippen LogP) is 0.822. The van der Waals surface area contributed by atoms with Crippen LogP contribution in [-0.4, -0.2) is 31.0 Å². The normalized spacial score (nSPS) is 22.6. The lowest BCUT2D eigenvalue weighted by Gasteiger charge is -2.22. The Kier molecular flexibility index (Phi) is 2.84. The van der Waals surface area contributed by atoms with Gasteiger partial charge in [0.25, 0.3) is 0 Å². The summed E-state index contributed by atoms with van der Waals surface area (Å²) in [5.74, 6) is 0.977. The summed E-state index contributed by atoms with van der Waals surface area (Å²) < 4.78 is 10.6. The molecule has 1 aliphatic heterocycles. The van der Waals surface area contributed by atoms with Crippen LogP contribution in [0.4, 0.5) is 0 Å². The Bertz CT molecular complexity index is 303. The summed E-state index contributed by atoms with van der Waals surface area (Å²) in [6.07, 6.45) is 0.868. The Labute approximate surface area is 83.6 Å². The molecule has 2 heterocycles. The number of nitrogens with zero attached hydrogens (tertiary/aromatic N) is 1. The minimum Gasteiger partial charge on any atom is -0.378 e. The number of hydrogen-bond donors (Lipinski definition) is 1. The molecule has 0 bridgehead atoms. The number of rotatable bonds is 2. The second-order valence-corrected chi connectivity index (χ2v) is 3.75. The smallest absolute Gasteiger partial charge is 0.141 e. The van der Waals surface area contributed by atoms with Crippen LogP contribution in [0.2, 0.25) is 0 Å². The van der Waals surface area contributed by atoms with E-state index in [1.165, 1.54) is 0 Å². The van der Waals surface area contributed by atoms with Crippen LogP contribution in [0.3, 0.4) is 0 Å². The molecular weight excluding hydrogens is 180 g/mol. The third kappa shape index (κ3) is 1.96. The van der Waals surface area contributed by atoms with E-state index in [-0.39, 0.29) is 0 Å². The number of morpholine rings is 1. The molecule has 1 fully saturated rings. The Balaban J connectivity index is 1.99. The molecular formula is C10H16N2O2. The maximum Gasteiger partial charge on any atom is 0.141 e. The molecule has 2 rings (SSSR count). The molecule has 1 aliphatic rings. The summed E-state index contributed by atoms with van der Waals surface area (Å²) in [5.41, 5.74) is 2.15. The Morgan fingerprint density at radius 3 is 2.93 bits per heavy atom. The minimum atomic E-state index is 0.370. The van der Waals surface area contributed by atoms with E-state index in [0.29, 0.717) is 6.04 Å². The van der Waals surface area contributed by atoms with Crippen LogP contribution in [0.25, 0.3) is 0 Å². The van der Waals surface area contributed by atoms with Gasteiger partial charge >= 0.3 is 0 Å². The zero-order valence-corrected chi connectivity index (χ0v) is 8.67. The van der Waals surface area contributed by atoms with Gasteiger partial charge in [-0.05, 0) is 13.8 Å². The average molecular weight is 196 g/mol. The van der Waals surface area contributed by atoms with Crippen LogP contribution in [0.1, 0.15) is 17.0 Å². The second kappa shape index (κ2) is 4.11. The summed E-state index contributed by atoms with van der Waals surface area (Å²) in [7, 11) is 0. The standard InChI is InChI=1S/C10H16N2O2/c1-7-8(2)12-14-10(7)5-9-6-13-4-3-11-9/h9,11H,3-6H2,1-2H3. The maximum absolute atomic E-state index is 5.38. The lowest BCUT2D eigenvalue weighted by Crippen LogP contribution is -2.42. The highest BCUT2D eigenvalue weighted by atomic mass is 16.5. The molecule has 0 saturated carbocycles. The van der Waals surface area contributed by atoms with Crippen LogP contribution in [0, 0.1) is 13.8 Å². The van der Waals surface area contributed by atoms with Gasteiger partial charge in [-0.2, -0.15) is 0 Å². The number of hydrogen-bond acceptors (Lipinski definition) is 4. The molecule has 78 valence electrons. The van der Waals surface area contributed by atoms with E-state index in [9.17, 15) is 0 Å². The molecule has 4 nitrogen and oxygen atoms in total. The minimum absolute atomic E-state index is 0.370. The Hall–Kier alpha value is -0.870. The van der Waals surface area contributed by atoms with Crippen LogP contribution in [0.15, 0.2) is 4.52 Å². The molecule has 1 saturated heterocycles. The summed E-state index contributed by atoms with van der Waals surface area (Å²) in [6.45, 7) is 6.51. The molecule has 0 amide bonds. The molecule has 0 spiro atoms. The van der Waals surface area contributed by atoms with Gasteiger partial charge in [-0.15, -0.1) is 0 Å². The van der Waals surface area contributed by atoms with E-state index in [4.69, 9.17) is 9.26 Å². The van der Waals surface area contributed by atoms with Gasteiger partial charge in [0.1, 0.15) is 5.76 Å². The lowest BCUT2D eigenvalue weighted by molar-refractivity contribution is 0.0747. The third-order valence-electron chi connectivity index (χ3n) is 2.68. The summed E-state index contributed by atoms with van der Waals surface area (Å²) in [5, 5.41) is 7.33. The third-order valence-corrected chi connectivity index (χ3v) is 2.68. The Morgan fingerprint density at radius 2 is 2.36 bits per heavy atom. The van der Waals surface area contributed by atoms with Crippen molar-refractivity contribution < 1.29 is 9.26 Å². The van der Waals surface area contributed by atoms with Gasteiger partial charge in [-0.1, -0.05) is 5.16 Å². The van der Waals surface area contributed by atoms with Crippen molar-refractivity contribution in [3.8, 4) is 0 Å². The zero-order valence-electron chi connectivity index (χ0n) is 8.67. The summed E-state index contributed by atoms with van der Waals surface area (Å²) >= 11 is 0.